The van der Waals surface area contributed by atoms with Crippen molar-refractivity contribution < 1.29 is 17.1 Å². The predicted octanol–water partition coefficient (Wildman–Crippen LogP) is 1.16. The molecule has 0 N–H and O–H groups in total. The van der Waals surface area contributed by atoms with Crippen LogP contribution in [0.2, 0.25) is 0 Å². The number of aryl methyl sites for hydroxylation is 2. The van der Waals surface area contributed by atoms with Crippen molar-refractivity contribution >= 4 is 27.5 Å². The number of carbonyl (C=O) groups is 1. The van der Waals surface area contributed by atoms with Crippen LogP contribution in [-0.2, 0) is 21.6 Å². The summed E-state index contributed by atoms with van der Waals surface area (Å²) in [6.45, 7) is 3.93. The Morgan fingerprint density at radius 3 is 2.61 bits per heavy atom. The first-order chi connectivity index (χ1) is 8.27. The van der Waals surface area contributed by atoms with E-state index in [1.54, 1.807) is 0 Å². The van der Waals surface area contributed by atoms with Gasteiger partial charge in [-0.2, -0.15) is 8.42 Å². The molecule has 100 valence electrons. The third kappa shape index (κ3) is 2.69. The van der Waals surface area contributed by atoms with Crippen LogP contribution in [0.1, 0.15) is 22.0 Å². The molecule has 0 aromatic carbocycles. The summed E-state index contributed by atoms with van der Waals surface area (Å²) >= 11 is 1.46. The Labute approximate surface area is 109 Å². The van der Waals surface area contributed by atoms with Gasteiger partial charge < -0.3 is 4.90 Å². The fraction of sp³-hybridized carbons (Fsp3) is 0.600. The lowest BCUT2D eigenvalue weighted by Gasteiger charge is -2.14. The average molecular weight is 292 g/mol. The monoisotopic (exact) mass is 292 g/mol. The largest absolute Gasteiger partial charge is 0.336 e. The van der Waals surface area contributed by atoms with Crippen molar-refractivity contribution in [1.29, 1.82) is 0 Å². The minimum atomic E-state index is -4.64. The zero-order valence-corrected chi connectivity index (χ0v) is 11.6. The maximum absolute atomic E-state index is 12.8. The van der Waals surface area contributed by atoms with Gasteiger partial charge in [-0.25, -0.2) is 4.98 Å². The molecule has 5 nitrogen and oxygen atoms in total. The molecule has 1 saturated heterocycles. The second-order valence-corrected chi connectivity index (χ2v) is 7.22. The molecule has 1 amide bonds. The Kier molecular flexibility index (Phi) is 3.41. The van der Waals surface area contributed by atoms with E-state index in [1.807, 2.05) is 13.8 Å². The Hall–Kier alpha value is -1.02. The lowest BCUT2D eigenvalue weighted by molar-refractivity contribution is -0.128. The lowest BCUT2D eigenvalue weighted by atomic mass is 10.3. The van der Waals surface area contributed by atoms with Gasteiger partial charge in [0.1, 0.15) is 5.25 Å². The molecule has 2 heterocycles. The number of hydrogen-bond acceptors (Lipinski definition) is 5. The minimum Gasteiger partial charge on any atom is -0.336 e. The molecule has 0 aliphatic carbocycles. The summed E-state index contributed by atoms with van der Waals surface area (Å²) in [5, 5.41) is -0.330. The predicted molar refractivity (Wildman–Crippen MR) is 65.4 cm³/mol. The number of amides is 1. The van der Waals surface area contributed by atoms with Crippen molar-refractivity contribution in [3.63, 3.8) is 0 Å². The fourth-order valence-corrected chi connectivity index (χ4v) is 3.62. The smallest absolute Gasteiger partial charge is 0.307 e. The van der Waals surface area contributed by atoms with E-state index in [1.165, 1.54) is 16.2 Å². The van der Waals surface area contributed by atoms with Gasteiger partial charge in [0.05, 0.1) is 17.2 Å². The maximum atomic E-state index is 12.8. The number of hydrogen-bond donors (Lipinski definition) is 0. The van der Waals surface area contributed by atoms with Crippen molar-refractivity contribution in [3.8, 4) is 0 Å². The number of halogens is 1. The molecular weight excluding hydrogens is 279 g/mol. The molecule has 0 saturated carbocycles. The highest BCUT2D eigenvalue weighted by atomic mass is 32.3. The van der Waals surface area contributed by atoms with Crippen molar-refractivity contribution in [3.05, 3.63) is 15.6 Å². The van der Waals surface area contributed by atoms with Crippen LogP contribution in [0.15, 0.2) is 0 Å². The van der Waals surface area contributed by atoms with Crippen molar-refractivity contribution in [2.45, 2.75) is 32.1 Å². The number of thiazole rings is 1. The number of nitrogens with zero attached hydrogens (tertiary/aromatic N) is 2. The van der Waals surface area contributed by atoms with E-state index in [9.17, 15) is 17.1 Å². The number of likely N-dealkylation sites (tertiary alicyclic amines) is 1. The van der Waals surface area contributed by atoms with Crippen molar-refractivity contribution in [2.75, 3.05) is 6.54 Å². The van der Waals surface area contributed by atoms with Gasteiger partial charge in [0.15, 0.2) is 0 Å². The van der Waals surface area contributed by atoms with E-state index in [-0.39, 0.29) is 18.9 Å². The van der Waals surface area contributed by atoms with Gasteiger partial charge >= 0.3 is 10.2 Å². The first-order valence-electron chi connectivity index (χ1n) is 5.41. The number of carbonyl (C=O) groups excluding carboxylic acids is 1. The molecule has 0 bridgehead atoms. The standard InChI is InChI=1S/C10H13FN2O3S2/c1-6-9(17-7(2)12-6)5-13-4-8(3-10(13)14)18(11,15)16/h8H,3-5H2,1-2H3. The molecule has 1 aromatic heterocycles. The first-order valence-corrected chi connectivity index (χ1v) is 7.68. The summed E-state index contributed by atoms with van der Waals surface area (Å²) in [5.41, 5.74) is 0.830. The topological polar surface area (TPSA) is 67.3 Å². The van der Waals surface area contributed by atoms with Crippen LogP contribution in [-0.4, -0.2) is 36.0 Å². The summed E-state index contributed by atoms with van der Waals surface area (Å²) < 4.78 is 34.4. The third-order valence-corrected chi connectivity index (χ3v) is 5.08. The van der Waals surface area contributed by atoms with Crippen LogP contribution in [0.4, 0.5) is 3.89 Å². The first kappa shape index (κ1) is 13.4. The van der Waals surface area contributed by atoms with Gasteiger partial charge in [-0.1, -0.05) is 0 Å². The van der Waals surface area contributed by atoms with E-state index in [0.717, 1.165) is 15.6 Å². The summed E-state index contributed by atoms with van der Waals surface area (Å²) in [5.74, 6) is -0.327. The minimum absolute atomic E-state index is 0.0753. The molecule has 8 heteroatoms. The Morgan fingerprint density at radius 1 is 1.50 bits per heavy atom. The van der Waals surface area contributed by atoms with Crippen LogP contribution >= 0.6 is 11.3 Å². The van der Waals surface area contributed by atoms with Gasteiger partial charge in [0.2, 0.25) is 5.91 Å². The molecule has 1 unspecified atom stereocenters. The normalized spacial score (nSPS) is 20.7. The highest BCUT2D eigenvalue weighted by molar-refractivity contribution is 7.87. The molecule has 1 atom stereocenters. The molecule has 1 aliphatic rings. The van der Waals surface area contributed by atoms with Gasteiger partial charge in [0.25, 0.3) is 0 Å². The van der Waals surface area contributed by atoms with E-state index >= 15 is 0 Å². The maximum Gasteiger partial charge on any atom is 0.307 e. The average Bonchev–Trinajstić information content (AvgIpc) is 2.72. The molecule has 0 radical (unpaired) electrons. The summed E-state index contributed by atoms with van der Waals surface area (Å²) in [4.78, 5) is 18.2. The van der Waals surface area contributed by atoms with Crippen LogP contribution in [0, 0.1) is 13.8 Å². The third-order valence-electron chi connectivity index (χ3n) is 2.91. The van der Waals surface area contributed by atoms with E-state index in [2.05, 4.69) is 4.98 Å². The van der Waals surface area contributed by atoms with Crippen LogP contribution in [0.5, 0.6) is 0 Å². The number of aromatic nitrogens is 1. The molecular formula is C10H13FN2O3S2. The second kappa shape index (κ2) is 4.58. The molecule has 18 heavy (non-hydrogen) atoms. The highest BCUT2D eigenvalue weighted by Gasteiger charge is 2.38. The van der Waals surface area contributed by atoms with Crippen LogP contribution in [0.25, 0.3) is 0 Å². The molecule has 1 aliphatic heterocycles. The lowest BCUT2D eigenvalue weighted by Crippen LogP contribution is -2.26. The fourth-order valence-electron chi connectivity index (χ4n) is 1.97. The Morgan fingerprint density at radius 2 is 2.17 bits per heavy atom. The summed E-state index contributed by atoms with van der Waals surface area (Å²) in [7, 11) is -4.64. The van der Waals surface area contributed by atoms with Gasteiger partial charge in [-0.05, 0) is 13.8 Å². The van der Waals surface area contributed by atoms with Crippen molar-refractivity contribution in [1.82, 2.24) is 9.88 Å². The van der Waals surface area contributed by atoms with E-state index in [4.69, 9.17) is 0 Å². The summed E-state index contributed by atoms with van der Waals surface area (Å²) in [6.07, 6.45) is -0.268. The second-order valence-electron chi connectivity index (χ2n) is 4.32. The highest BCUT2D eigenvalue weighted by Crippen LogP contribution is 2.25. The Balaban J connectivity index is 2.12. The van der Waals surface area contributed by atoms with E-state index < -0.39 is 15.5 Å². The van der Waals surface area contributed by atoms with Gasteiger partial charge in [-0.3, -0.25) is 4.79 Å². The van der Waals surface area contributed by atoms with Crippen LogP contribution < -0.4 is 0 Å². The number of rotatable bonds is 3. The molecule has 2 rings (SSSR count). The molecule has 0 spiro atoms. The van der Waals surface area contributed by atoms with Gasteiger partial charge in [-0.15, -0.1) is 15.2 Å². The quantitative estimate of drug-likeness (QED) is 0.784. The molecule has 1 fully saturated rings. The zero-order chi connectivity index (χ0) is 13.5. The van der Waals surface area contributed by atoms with Crippen molar-refractivity contribution in [2.24, 2.45) is 0 Å². The summed E-state index contributed by atoms with van der Waals surface area (Å²) in [6, 6.07) is 0. The van der Waals surface area contributed by atoms with Crippen LogP contribution in [0.3, 0.4) is 0 Å². The Bertz CT molecular complexity index is 582. The van der Waals surface area contributed by atoms with E-state index in [0.29, 0.717) is 6.54 Å². The molecule has 1 aromatic rings. The zero-order valence-electron chi connectivity index (χ0n) is 10.0. The van der Waals surface area contributed by atoms with Gasteiger partial charge in [0, 0.05) is 17.8 Å². The SMILES string of the molecule is Cc1nc(C)c(CN2CC(S(=O)(=O)F)CC2=O)s1.